The highest BCUT2D eigenvalue weighted by atomic mass is 79.9. The molecule has 0 aliphatic heterocycles. The number of para-hydroxylation sites is 1. The highest BCUT2D eigenvalue weighted by molar-refractivity contribution is 9.09. The van der Waals surface area contributed by atoms with Gasteiger partial charge in [-0.05, 0) is 19.1 Å². The molecule has 4 heteroatoms. The number of nitrogens with one attached hydrogen (secondary N) is 1. The lowest BCUT2D eigenvalue weighted by molar-refractivity contribution is 0.936. The summed E-state index contributed by atoms with van der Waals surface area (Å²) in [6.45, 7) is 1.92. The van der Waals surface area contributed by atoms with Gasteiger partial charge in [0.25, 0.3) is 5.56 Å². The molecule has 0 fully saturated rings. The van der Waals surface area contributed by atoms with Gasteiger partial charge in [-0.1, -0.05) is 28.1 Å². The van der Waals surface area contributed by atoms with Gasteiger partial charge in [0.05, 0.1) is 15.7 Å². The van der Waals surface area contributed by atoms with E-state index in [1.165, 1.54) is 0 Å². The Morgan fingerprint density at radius 2 is 2.14 bits per heavy atom. The number of halogens is 1. The van der Waals surface area contributed by atoms with Gasteiger partial charge < -0.3 is 4.98 Å². The topological polar surface area (TPSA) is 45.8 Å². The number of aromatic amines is 1. The van der Waals surface area contributed by atoms with Gasteiger partial charge in [0.2, 0.25) is 0 Å². The normalized spacial score (nSPS) is 13.0. The Balaban J connectivity index is 2.79. The Hall–Kier alpha value is -1.16. The van der Waals surface area contributed by atoms with E-state index in [0.29, 0.717) is 11.2 Å². The first-order chi connectivity index (χ1) is 6.68. The zero-order valence-electron chi connectivity index (χ0n) is 7.62. The molecule has 0 saturated heterocycles. The lowest BCUT2D eigenvalue weighted by Gasteiger charge is -2.03. The Labute approximate surface area is 89.3 Å². The Morgan fingerprint density at radius 3 is 2.86 bits per heavy atom. The summed E-state index contributed by atoms with van der Waals surface area (Å²) in [6, 6.07) is 7.31. The fourth-order valence-corrected chi connectivity index (χ4v) is 1.51. The van der Waals surface area contributed by atoms with Crippen molar-refractivity contribution in [3.05, 3.63) is 40.4 Å². The van der Waals surface area contributed by atoms with Crippen LogP contribution in [0, 0.1) is 0 Å². The average molecular weight is 253 g/mol. The van der Waals surface area contributed by atoms with E-state index in [4.69, 9.17) is 0 Å². The minimum absolute atomic E-state index is 0.0554. The van der Waals surface area contributed by atoms with Crippen LogP contribution in [0.3, 0.4) is 0 Å². The van der Waals surface area contributed by atoms with Crippen LogP contribution in [0.4, 0.5) is 0 Å². The van der Waals surface area contributed by atoms with E-state index in [0.717, 1.165) is 5.52 Å². The molecule has 1 atom stereocenters. The van der Waals surface area contributed by atoms with Gasteiger partial charge >= 0.3 is 0 Å². The SMILES string of the molecule is C[C@@H](Br)c1nc2ccccc2c(=O)[nH]1. The van der Waals surface area contributed by atoms with Gasteiger partial charge in [0, 0.05) is 0 Å². The summed E-state index contributed by atoms with van der Waals surface area (Å²) in [6.07, 6.45) is 0. The maximum Gasteiger partial charge on any atom is 0.258 e. The number of hydrogen-bond acceptors (Lipinski definition) is 2. The first kappa shape index (κ1) is 9.40. The molecule has 0 bridgehead atoms. The standard InChI is InChI=1S/C10H9BrN2O/c1-6(11)9-12-8-5-3-2-4-7(8)10(14)13-9/h2-6H,1H3,(H,12,13,14)/t6-/m1/s1. The molecule has 0 aliphatic carbocycles. The summed E-state index contributed by atoms with van der Waals surface area (Å²) in [5, 5.41) is 0.629. The average Bonchev–Trinajstić information content (AvgIpc) is 2.17. The molecule has 2 aromatic rings. The molecular formula is C10H9BrN2O. The molecule has 72 valence electrons. The molecule has 3 nitrogen and oxygen atoms in total. The highest BCUT2D eigenvalue weighted by Crippen LogP contribution is 2.17. The fraction of sp³-hybridized carbons (Fsp3) is 0.200. The number of alkyl halides is 1. The van der Waals surface area contributed by atoms with Gasteiger partial charge in [-0.2, -0.15) is 0 Å². The van der Waals surface area contributed by atoms with Crippen LogP contribution in [0.25, 0.3) is 10.9 Å². The van der Waals surface area contributed by atoms with Crippen LogP contribution < -0.4 is 5.56 Å². The minimum atomic E-state index is -0.0862. The van der Waals surface area contributed by atoms with Gasteiger partial charge in [0.15, 0.2) is 0 Å². The number of rotatable bonds is 1. The van der Waals surface area contributed by atoms with Crippen LogP contribution in [-0.2, 0) is 0 Å². The van der Waals surface area contributed by atoms with Crippen molar-refractivity contribution in [2.24, 2.45) is 0 Å². The van der Waals surface area contributed by atoms with E-state index in [1.54, 1.807) is 6.07 Å². The fourth-order valence-electron chi connectivity index (χ4n) is 1.29. The summed E-state index contributed by atoms with van der Waals surface area (Å²) in [4.78, 5) is 18.7. The number of hydrogen-bond donors (Lipinski definition) is 1. The first-order valence-electron chi connectivity index (χ1n) is 4.31. The Kier molecular flexibility index (Phi) is 2.37. The molecule has 0 spiro atoms. The summed E-state index contributed by atoms with van der Waals surface area (Å²) in [7, 11) is 0. The number of fused-ring (bicyclic) bond motifs is 1. The van der Waals surface area contributed by atoms with E-state index in [-0.39, 0.29) is 10.4 Å². The zero-order valence-corrected chi connectivity index (χ0v) is 9.21. The molecule has 1 N–H and O–H groups in total. The second-order valence-corrected chi connectivity index (χ2v) is 4.46. The molecule has 1 aromatic heterocycles. The summed E-state index contributed by atoms with van der Waals surface area (Å²) in [5.41, 5.74) is 0.648. The third-order valence-corrected chi connectivity index (χ3v) is 2.44. The van der Waals surface area contributed by atoms with E-state index >= 15 is 0 Å². The summed E-state index contributed by atoms with van der Waals surface area (Å²) >= 11 is 3.37. The maximum absolute atomic E-state index is 11.6. The van der Waals surface area contributed by atoms with Crippen molar-refractivity contribution in [3.63, 3.8) is 0 Å². The van der Waals surface area contributed by atoms with Crippen molar-refractivity contribution in [2.75, 3.05) is 0 Å². The number of nitrogens with zero attached hydrogens (tertiary/aromatic N) is 1. The number of H-pyrrole nitrogens is 1. The summed E-state index contributed by atoms with van der Waals surface area (Å²) in [5.74, 6) is 0.661. The minimum Gasteiger partial charge on any atom is -0.309 e. The van der Waals surface area contributed by atoms with E-state index in [2.05, 4.69) is 25.9 Å². The molecular weight excluding hydrogens is 244 g/mol. The summed E-state index contributed by atoms with van der Waals surface area (Å²) < 4.78 is 0. The van der Waals surface area contributed by atoms with Crippen molar-refractivity contribution in [1.29, 1.82) is 0 Å². The van der Waals surface area contributed by atoms with Gasteiger partial charge in [-0.15, -0.1) is 0 Å². The van der Waals surface area contributed by atoms with Crippen molar-refractivity contribution >= 4 is 26.8 Å². The first-order valence-corrected chi connectivity index (χ1v) is 5.23. The second-order valence-electron chi connectivity index (χ2n) is 3.08. The van der Waals surface area contributed by atoms with Crippen molar-refractivity contribution in [3.8, 4) is 0 Å². The molecule has 1 aromatic carbocycles. The molecule has 2 rings (SSSR count). The number of benzene rings is 1. The maximum atomic E-state index is 11.6. The van der Waals surface area contributed by atoms with Gasteiger partial charge in [-0.3, -0.25) is 4.79 Å². The number of aromatic nitrogens is 2. The van der Waals surface area contributed by atoms with Crippen molar-refractivity contribution in [2.45, 2.75) is 11.8 Å². The molecule has 0 amide bonds. The van der Waals surface area contributed by atoms with Crippen molar-refractivity contribution in [1.82, 2.24) is 9.97 Å². The third kappa shape index (κ3) is 1.57. The van der Waals surface area contributed by atoms with Crippen LogP contribution in [0.5, 0.6) is 0 Å². The van der Waals surface area contributed by atoms with Gasteiger partial charge in [0.1, 0.15) is 5.82 Å². The lowest BCUT2D eigenvalue weighted by atomic mass is 10.2. The molecule has 0 saturated carbocycles. The molecule has 0 radical (unpaired) electrons. The van der Waals surface area contributed by atoms with Crippen LogP contribution in [0.2, 0.25) is 0 Å². The largest absolute Gasteiger partial charge is 0.309 e. The van der Waals surface area contributed by atoms with Crippen LogP contribution in [0.1, 0.15) is 17.6 Å². The van der Waals surface area contributed by atoms with E-state index in [9.17, 15) is 4.79 Å². The van der Waals surface area contributed by atoms with Gasteiger partial charge in [-0.25, -0.2) is 4.98 Å². The molecule has 0 aliphatic rings. The molecule has 0 unspecified atom stereocenters. The van der Waals surface area contributed by atoms with E-state index < -0.39 is 0 Å². The predicted molar refractivity (Wildman–Crippen MR) is 59.7 cm³/mol. The predicted octanol–water partition coefficient (Wildman–Crippen LogP) is 2.38. The second kappa shape index (κ2) is 3.53. The lowest BCUT2D eigenvalue weighted by Crippen LogP contribution is -2.11. The van der Waals surface area contributed by atoms with Crippen LogP contribution in [0.15, 0.2) is 29.1 Å². The van der Waals surface area contributed by atoms with E-state index in [1.807, 2.05) is 25.1 Å². The van der Waals surface area contributed by atoms with Crippen molar-refractivity contribution < 1.29 is 0 Å². The monoisotopic (exact) mass is 252 g/mol. The smallest absolute Gasteiger partial charge is 0.258 e. The quantitative estimate of drug-likeness (QED) is 0.793. The Morgan fingerprint density at radius 1 is 1.43 bits per heavy atom. The molecule has 1 heterocycles. The van der Waals surface area contributed by atoms with Crippen LogP contribution >= 0.6 is 15.9 Å². The highest BCUT2D eigenvalue weighted by Gasteiger charge is 2.06. The van der Waals surface area contributed by atoms with Crippen LogP contribution in [-0.4, -0.2) is 9.97 Å². The third-order valence-electron chi connectivity index (χ3n) is 2.01. The molecule has 14 heavy (non-hydrogen) atoms. The Bertz CT molecular complexity index is 519. The zero-order chi connectivity index (χ0) is 10.1.